The first kappa shape index (κ1) is 10.5. The molecule has 1 aliphatic carbocycles. The van der Waals surface area contributed by atoms with Crippen LogP contribution in [-0.2, 0) is 10.3 Å². The molecule has 1 aromatic heterocycles. The molecule has 1 unspecified atom stereocenters. The van der Waals surface area contributed by atoms with E-state index in [0.29, 0.717) is 0 Å². The summed E-state index contributed by atoms with van der Waals surface area (Å²) in [5.41, 5.74) is 9.11. The Labute approximate surface area is 88.2 Å². The Balaban J connectivity index is 2.27. The molecule has 0 amide bonds. The van der Waals surface area contributed by atoms with Gasteiger partial charge in [0.15, 0.2) is 0 Å². The van der Waals surface area contributed by atoms with Gasteiger partial charge in [0, 0.05) is 13.3 Å². The Hall–Kier alpha value is -1.01. The zero-order valence-electron chi connectivity index (χ0n) is 8.60. The summed E-state index contributed by atoms with van der Waals surface area (Å²) in [5, 5.41) is 8.73. The fourth-order valence-corrected chi connectivity index (χ4v) is 1.64. The summed E-state index contributed by atoms with van der Waals surface area (Å²) < 4.78 is 5.42. The van der Waals surface area contributed by atoms with Gasteiger partial charge in [-0.05, 0) is 30.5 Å². The number of hydrogen-bond donors (Lipinski definition) is 3. The molecule has 0 radical (unpaired) electrons. The van der Waals surface area contributed by atoms with Crippen molar-refractivity contribution in [3.63, 3.8) is 0 Å². The Morgan fingerprint density at radius 2 is 2.40 bits per heavy atom. The van der Waals surface area contributed by atoms with Crippen molar-refractivity contribution in [3.05, 3.63) is 29.6 Å². The maximum atomic E-state index is 8.73. The highest BCUT2D eigenvalue weighted by Gasteiger charge is 2.46. The van der Waals surface area contributed by atoms with Crippen molar-refractivity contribution in [1.82, 2.24) is 10.5 Å². The summed E-state index contributed by atoms with van der Waals surface area (Å²) in [6.45, 7) is 0. The van der Waals surface area contributed by atoms with Gasteiger partial charge in [0.1, 0.15) is 11.8 Å². The molecule has 1 aliphatic rings. The third kappa shape index (κ3) is 1.87. The first-order valence-electron chi connectivity index (χ1n) is 4.88. The minimum absolute atomic E-state index is 0.217. The minimum atomic E-state index is -0.584. The number of pyridine rings is 1. The minimum Gasteiger partial charge on any atom is -0.372 e. The molecule has 5 nitrogen and oxygen atoms in total. The molecule has 4 N–H and O–H groups in total. The van der Waals surface area contributed by atoms with Crippen molar-refractivity contribution < 1.29 is 9.94 Å². The lowest BCUT2D eigenvalue weighted by Crippen LogP contribution is -2.26. The maximum absolute atomic E-state index is 8.73. The molecule has 0 saturated heterocycles. The van der Waals surface area contributed by atoms with Gasteiger partial charge in [-0.3, -0.25) is 4.98 Å². The van der Waals surface area contributed by atoms with E-state index in [4.69, 9.17) is 15.7 Å². The third-order valence-electron chi connectivity index (χ3n) is 2.84. The quantitative estimate of drug-likeness (QED) is 0.501. The van der Waals surface area contributed by atoms with Crippen molar-refractivity contribution in [2.45, 2.75) is 24.6 Å². The zero-order valence-corrected chi connectivity index (χ0v) is 8.60. The van der Waals surface area contributed by atoms with Gasteiger partial charge >= 0.3 is 0 Å². The van der Waals surface area contributed by atoms with Crippen LogP contribution in [-0.4, -0.2) is 17.3 Å². The van der Waals surface area contributed by atoms with Crippen LogP contribution in [0.15, 0.2) is 18.3 Å². The average Bonchev–Trinajstić information content (AvgIpc) is 3.09. The number of rotatable bonds is 4. The molecule has 1 aromatic rings. The van der Waals surface area contributed by atoms with Crippen molar-refractivity contribution >= 4 is 0 Å². The number of methoxy groups -OCH3 is 1. The van der Waals surface area contributed by atoms with Crippen molar-refractivity contribution in [2.24, 2.45) is 5.73 Å². The van der Waals surface area contributed by atoms with Crippen LogP contribution in [0.3, 0.4) is 0 Å². The lowest BCUT2D eigenvalue weighted by atomic mass is 10.1. The lowest BCUT2D eigenvalue weighted by molar-refractivity contribution is 0.0748. The van der Waals surface area contributed by atoms with E-state index in [0.717, 1.165) is 24.1 Å². The van der Waals surface area contributed by atoms with E-state index in [2.05, 4.69) is 4.98 Å². The second kappa shape index (κ2) is 3.86. The van der Waals surface area contributed by atoms with E-state index < -0.39 is 6.17 Å². The van der Waals surface area contributed by atoms with Crippen LogP contribution < -0.4 is 11.2 Å². The van der Waals surface area contributed by atoms with E-state index in [1.807, 2.05) is 11.5 Å². The molecule has 0 bridgehead atoms. The molecule has 5 heteroatoms. The number of hydrogen-bond acceptors (Lipinski definition) is 5. The summed E-state index contributed by atoms with van der Waals surface area (Å²) in [7, 11) is 1.69. The molecule has 0 aliphatic heterocycles. The van der Waals surface area contributed by atoms with Gasteiger partial charge in [-0.1, -0.05) is 0 Å². The lowest BCUT2D eigenvalue weighted by Gasteiger charge is -2.15. The first-order valence-corrected chi connectivity index (χ1v) is 4.88. The highest BCUT2D eigenvalue weighted by atomic mass is 16.5. The standard InChI is InChI=1S/C10H15N3O2/c1-15-10(3-4-10)8-6-7(2-5-12-8)9(11)13-14/h2,5-6,9,13-14H,3-4,11H2,1H3. The van der Waals surface area contributed by atoms with Crippen LogP contribution in [0, 0.1) is 0 Å². The highest BCUT2D eigenvalue weighted by molar-refractivity contribution is 5.26. The number of nitrogens with one attached hydrogen (secondary N) is 1. The normalized spacial score (nSPS) is 19.9. The van der Waals surface area contributed by atoms with Gasteiger partial charge in [0.25, 0.3) is 0 Å². The summed E-state index contributed by atoms with van der Waals surface area (Å²) in [6, 6.07) is 3.63. The van der Waals surface area contributed by atoms with Gasteiger partial charge in [-0.25, -0.2) is 0 Å². The molecule has 1 fully saturated rings. The van der Waals surface area contributed by atoms with Crippen LogP contribution in [0.1, 0.15) is 30.3 Å². The molecular formula is C10H15N3O2. The van der Waals surface area contributed by atoms with E-state index in [9.17, 15) is 0 Å². The van der Waals surface area contributed by atoms with Gasteiger partial charge in [-0.2, -0.15) is 5.48 Å². The first-order chi connectivity index (χ1) is 7.22. The number of aromatic nitrogens is 1. The Kier molecular flexibility index (Phi) is 2.70. The fourth-order valence-electron chi connectivity index (χ4n) is 1.64. The molecule has 1 saturated carbocycles. The molecule has 1 atom stereocenters. The maximum Gasteiger partial charge on any atom is 0.110 e. The second-order valence-corrected chi connectivity index (χ2v) is 3.78. The van der Waals surface area contributed by atoms with Crippen LogP contribution in [0.5, 0.6) is 0 Å². The van der Waals surface area contributed by atoms with Crippen molar-refractivity contribution in [2.75, 3.05) is 7.11 Å². The smallest absolute Gasteiger partial charge is 0.110 e. The Morgan fingerprint density at radius 1 is 1.67 bits per heavy atom. The topological polar surface area (TPSA) is 80.4 Å². The SMILES string of the molecule is COC1(c2cc(C(N)NO)ccn2)CC1. The van der Waals surface area contributed by atoms with E-state index in [-0.39, 0.29) is 5.60 Å². The summed E-state index contributed by atoms with van der Waals surface area (Å²) in [5.74, 6) is 0. The Morgan fingerprint density at radius 3 is 2.93 bits per heavy atom. The predicted molar refractivity (Wildman–Crippen MR) is 54.0 cm³/mol. The van der Waals surface area contributed by atoms with Gasteiger partial charge in [0.2, 0.25) is 0 Å². The number of ether oxygens (including phenoxy) is 1. The van der Waals surface area contributed by atoms with Crippen molar-refractivity contribution in [3.8, 4) is 0 Å². The Bertz CT molecular complexity index is 352. The van der Waals surface area contributed by atoms with Crippen molar-refractivity contribution in [1.29, 1.82) is 0 Å². The largest absolute Gasteiger partial charge is 0.372 e. The molecule has 82 valence electrons. The number of hydroxylamine groups is 1. The molecule has 1 heterocycles. The number of nitrogens with two attached hydrogens (primary N) is 1. The molecule has 15 heavy (non-hydrogen) atoms. The average molecular weight is 209 g/mol. The summed E-state index contributed by atoms with van der Waals surface area (Å²) in [4.78, 5) is 4.27. The van der Waals surface area contributed by atoms with Crippen LogP contribution >= 0.6 is 0 Å². The molecule has 2 rings (SSSR count). The zero-order chi connectivity index (χ0) is 10.9. The molecule has 0 aromatic carbocycles. The molecule has 0 spiro atoms. The number of nitrogens with zero attached hydrogens (tertiary/aromatic N) is 1. The van der Waals surface area contributed by atoms with Gasteiger partial charge in [0.05, 0.1) is 5.69 Å². The fraction of sp³-hybridized carbons (Fsp3) is 0.500. The van der Waals surface area contributed by atoms with E-state index in [1.54, 1.807) is 19.4 Å². The van der Waals surface area contributed by atoms with Crippen LogP contribution in [0.2, 0.25) is 0 Å². The highest BCUT2D eigenvalue weighted by Crippen LogP contribution is 2.47. The van der Waals surface area contributed by atoms with E-state index >= 15 is 0 Å². The van der Waals surface area contributed by atoms with Gasteiger partial charge in [-0.15, -0.1) is 0 Å². The summed E-state index contributed by atoms with van der Waals surface area (Å²) in [6.07, 6.45) is 3.07. The molecular weight excluding hydrogens is 194 g/mol. The predicted octanol–water partition coefficient (Wildman–Crippen LogP) is 0.653. The van der Waals surface area contributed by atoms with E-state index in [1.165, 1.54) is 0 Å². The third-order valence-corrected chi connectivity index (χ3v) is 2.84. The van der Waals surface area contributed by atoms with Gasteiger partial charge < -0.3 is 15.7 Å². The van der Waals surface area contributed by atoms with Crippen LogP contribution in [0.25, 0.3) is 0 Å². The second-order valence-electron chi connectivity index (χ2n) is 3.78. The summed E-state index contributed by atoms with van der Waals surface area (Å²) >= 11 is 0. The monoisotopic (exact) mass is 209 g/mol. The van der Waals surface area contributed by atoms with Crippen LogP contribution in [0.4, 0.5) is 0 Å².